The topological polar surface area (TPSA) is 53.1 Å². The predicted octanol–water partition coefficient (Wildman–Crippen LogP) is 1.83. The van der Waals surface area contributed by atoms with Gasteiger partial charge in [-0.3, -0.25) is 0 Å². The van der Waals surface area contributed by atoms with E-state index in [1.54, 1.807) is 13.3 Å². The van der Waals surface area contributed by atoms with Crippen LogP contribution in [0.3, 0.4) is 0 Å². The number of aromatic nitrogens is 2. The summed E-state index contributed by atoms with van der Waals surface area (Å²) in [6.45, 7) is 2.72. The number of nitrogens with two attached hydrogens (primary N) is 1. The zero-order valence-electron chi connectivity index (χ0n) is 9.47. The molecule has 0 fully saturated rings. The van der Waals surface area contributed by atoms with Crippen LogP contribution in [0.4, 0.5) is 5.69 Å². The normalized spacial score (nSPS) is 10.4. The molecule has 0 saturated carbocycles. The van der Waals surface area contributed by atoms with E-state index in [1.807, 2.05) is 31.3 Å². The van der Waals surface area contributed by atoms with Crippen LogP contribution < -0.4 is 10.5 Å². The summed E-state index contributed by atoms with van der Waals surface area (Å²) in [4.78, 5) is 4.18. The number of aryl methyl sites for hydroxylation is 1. The highest BCUT2D eigenvalue weighted by Crippen LogP contribution is 2.22. The molecule has 0 radical (unpaired) electrons. The maximum absolute atomic E-state index is 5.71. The Morgan fingerprint density at radius 1 is 1.44 bits per heavy atom. The molecule has 4 nitrogen and oxygen atoms in total. The van der Waals surface area contributed by atoms with E-state index in [-0.39, 0.29) is 0 Å². The fraction of sp³-hybridized carbons (Fsp3) is 0.250. The molecule has 0 aliphatic heterocycles. The number of rotatable bonds is 3. The van der Waals surface area contributed by atoms with Crippen LogP contribution in [0.5, 0.6) is 5.75 Å². The molecule has 0 unspecified atom stereocenters. The first kappa shape index (κ1) is 10.5. The van der Waals surface area contributed by atoms with E-state index >= 15 is 0 Å². The van der Waals surface area contributed by atoms with Gasteiger partial charge in [-0.05, 0) is 13.0 Å². The molecular formula is C12H15N3O. The lowest BCUT2D eigenvalue weighted by atomic mass is 10.2. The minimum absolute atomic E-state index is 0.711. The zero-order valence-corrected chi connectivity index (χ0v) is 9.47. The average molecular weight is 217 g/mol. The average Bonchev–Trinajstić information content (AvgIpc) is 2.67. The van der Waals surface area contributed by atoms with Gasteiger partial charge in [-0.15, -0.1) is 0 Å². The fourth-order valence-electron chi connectivity index (χ4n) is 1.65. The summed E-state index contributed by atoms with van der Waals surface area (Å²) < 4.78 is 7.36. The predicted molar refractivity (Wildman–Crippen MR) is 63.5 cm³/mol. The number of nitrogens with zero attached hydrogens (tertiary/aromatic N) is 2. The van der Waals surface area contributed by atoms with Crippen LogP contribution >= 0.6 is 0 Å². The number of anilines is 1. The summed E-state index contributed by atoms with van der Waals surface area (Å²) in [5.41, 5.74) is 7.51. The summed E-state index contributed by atoms with van der Waals surface area (Å²) in [5.74, 6) is 1.80. The van der Waals surface area contributed by atoms with Gasteiger partial charge in [0.25, 0.3) is 0 Å². The molecule has 0 atom stereocenters. The second-order valence-corrected chi connectivity index (χ2v) is 3.67. The van der Waals surface area contributed by atoms with Crippen molar-refractivity contribution in [3.8, 4) is 5.75 Å². The van der Waals surface area contributed by atoms with Gasteiger partial charge in [0.15, 0.2) is 0 Å². The third-order valence-electron chi connectivity index (χ3n) is 2.58. The number of methoxy groups -OCH3 is 1. The van der Waals surface area contributed by atoms with Crippen LogP contribution in [0.15, 0.2) is 30.6 Å². The van der Waals surface area contributed by atoms with Crippen LogP contribution in [-0.2, 0) is 6.54 Å². The molecule has 84 valence electrons. The van der Waals surface area contributed by atoms with Crippen LogP contribution in [0.2, 0.25) is 0 Å². The first-order chi connectivity index (χ1) is 7.70. The summed E-state index contributed by atoms with van der Waals surface area (Å²) in [6.07, 6.45) is 3.74. The van der Waals surface area contributed by atoms with Crippen molar-refractivity contribution in [2.45, 2.75) is 13.5 Å². The van der Waals surface area contributed by atoms with Gasteiger partial charge in [-0.2, -0.15) is 0 Å². The van der Waals surface area contributed by atoms with Gasteiger partial charge in [0, 0.05) is 29.7 Å². The molecule has 0 aliphatic carbocycles. The number of nitrogen functional groups attached to an aromatic ring is 1. The zero-order chi connectivity index (χ0) is 11.5. The molecule has 2 rings (SSSR count). The second-order valence-electron chi connectivity index (χ2n) is 3.67. The highest BCUT2D eigenvalue weighted by atomic mass is 16.5. The Balaban J connectivity index is 2.31. The molecule has 2 aromatic rings. The van der Waals surface area contributed by atoms with Crippen LogP contribution in [0, 0.1) is 6.92 Å². The lowest BCUT2D eigenvalue weighted by Gasteiger charge is -2.10. The van der Waals surface area contributed by atoms with Crippen molar-refractivity contribution in [2.24, 2.45) is 0 Å². The third kappa shape index (κ3) is 2.00. The lowest BCUT2D eigenvalue weighted by molar-refractivity contribution is 0.408. The molecule has 1 heterocycles. The number of hydrogen-bond donors (Lipinski definition) is 1. The summed E-state index contributed by atoms with van der Waals surface area (Å²) in [7, 11) is 1.65. The van der Waals surface area contributed by atoms with Crippen molar-refractivity contribution >= 4 is 5.69 Å². The maximum atomic E-state index is 5.71. The first-order valence-electron chi connectivity index (χ1n) is 5.11. The third-order valence-corrected chi connectivity index (χ3v) is 2.58. The van der Waals surface area contributed by atoms with Crippen LogP contribution in [-0.4, -0.2) is 16.7 Å². The van der Waals surface area contributed by atoms with Gasteiger partial charge < -0.3 is 15.0 Å². The quantitative estimate of drug-likeness (QED) is 0.798. The van der Waals surface area contributed by atoms with E-state index in [9.17, 15) is 0 Å². The van der Waals surface area contributed by atoms with Crippen LogP contribution in [0.1, 0.15) is 11.4 Å². The molecule has 0 aliphatic rings. The minimum atomic E-state index is 0.711. The van der Waals surface area contributed by atoms with Crippen molar-refractivity contribution in [3.05, 3.63) is 42.0 Å². The lowest BCUT2D eigenvalue weighted by Crippen LogP contribution is -2.03. The van der Waals surface area contributed by atoms with Gasteiger partial charge in [0.1, 0.15) is 11.6 Å². The monoisotopic (exact) mass is 217 g/mol. The highest BCUT2D eigenvalue weighted by molar-refractivity contribution is 5.48. The van der Waals surface area contributed by atoms with E-state index in [4.69, 9.17) is 10.5 Å². The van der Waals surface area contributed by atoms with Gasteiger partial charge in [0.05, 0.1) is 13.7 Å². The molecular weight excluding hydrogens is 202 g/mol. The Morgan fingerprint density at radius 2 is 2.25 bits per heavy atom. The number of imidazole rings is 1. The van der Waals surface area contributed by atoms with Gasteiger partial charge in [-0.1, -0.05) is 6.07 Å². The van der Waals surface area contributed by atoms with E-state index in [1.165, 1.54) is 0 Å². The molecule has 0 bridgehead atoms. The molecule has 1 aromatic heterocycles. The molecule has 0 amide bonds. The Morgan fingerprint density at radius 3 is 2.88 bits per heavy atom. The Hall–Kier alpha value is -1.97. The van der Waals surface area contributed by atoms with Crippen LogP contribution in [0.25, 0.3) is 0 Å². The number of ether oxygens (including phenoxy) is 1. The van der Waals surface area contributed by atoms with E-state index in [2.05, 4.69) is 9.55 Å². The van der Waals surface area contributed by atoms with Crippen molar-refractivity contribution in [1.29, 1.82) is 0 Å². The number of benzene rings is 1. The van der Waals surface area contributed by atoms with E-state index in [0.29, 0.717) is 5.69 Å². The van der Waals surface area contributed by atoms with Crippen molar-refractivity contribution in [1.82, 2.24) is 9.55 Å². The fourth-order valence-corrected chi connectivity index (χ4v) is 1.65. The SMILES string of the molecule is COc1cc(N)ccc1Cn1ccnc1C. The number of hydrogen-bond acceptors (Lipinski definition) is 3. The van der Waals surface area contributed by atoms with Gasteiger partial charge >= 0.3 is 0 Å². The molecule has 4 heteroatoms. The molecule has 0 spiro atoms. The largest absolute Gasteiger partial charge is 0.496 e. The Labute approximate surface area is 94.7 Å². The Kier molecular flexibility index (Phi) is 2.81. The molecule has 2 N–H and O–H groups in total. The van der Waals surface area contributed by atoms with E-state index in [0.717, 1.165) is 23.7 Å². The molecule has 16 heavy (non-hydrogen) atoms. The van der Waals surface area contributed by atoms with Crippen molar-refractivity contribution in [2.75, 3.05) is 12.8 Å². The maximum Gasteiger partial charge on any atom is 0.125 e. The molecule has 1 aromatic carbocycles. The minimum Gasteiger partial charge on any atom is -0.496 e. The summed E-state index contributed by atoms with van der Waals surface area (Å²) >= 11 is 0. The van der Waals surface area contributed by atoms with E-state index < -0.39 is 0 Å². The Bertz CT molecular complexity index is 491. The first-order valence-corrected chi connectivity index (χ1v) is 5.11. The standard InChI is InChI=1S/C12H15N3O/c1-9-14-5-6-15(9)8-10-3-4-11(13)7-12(10)16-2/h3-7H,8,13H2,1-2H3. The summed E-state index contributed by atoms with van der Waals surface area (Å²) in [5, 5.41) is 0. The van der Waals surface area contributed by atoms with Gasteiger partial charge in [0.2, 0.25) is 0 Å². The highest BCUT2D eigenvalue weighted by Gasteiger charge is 2.05. The smallest absolute Gasteiger partial charge is 0.125 e. The molecule has 0 saturated heterocycles. The van der Waals surface area contributed by atoms with Crippen molar-refractivity contribution in [3.63, 3.8) is 0 Å². The summed E-state index contributed by atoms with van der Waals surface area (Å²) in [6, 6.07) is 5.69. The van der Waals surface area contributed by atoms with Crippen molar-refractivity contribution < 1.29 is 4.74 Å². The van der Waals surface area contributed by atoms with Gasteiger partial charge in [-0.25, -0.2) is 4.98 Å². The second kappa shape index (κ2) is 4.26.